The summed E-state index contributed by atoms with van der Waals surface area (Å²) in [5, 5.41) is 15.9. The molecule has 0 radical (unpaired) electrons. The number of aliphatic hydroxyl groups is 1. The first-order chi connectivity index (χ1) is 23.8. The van der Waals surface area contributed by atoms with Gasteiger partial charge in [0.25, 0.3) is 11.5 Å². The molecular formula is C38H41N7O4. The first kappa shape index (κ1) is 32.3. The summed E-state index contributed by atoms with van der Waals surface area (Å²) in [6.07, 6.45) is 8.38. The van der Waals surface area contributed by atoms with Crippen molar-refractivity contribution in [1.29, 1.82) is 0 Å². The van der Waals surface area contributed by atoms with Gasteiger partial charge < -0.3 is 30.0 Å². The van der Waals surface area contributed by atoms with Crippen LogP contribution in [0.15, 0.2) is 88.5 Å². The first-order valence-electron chi connectivity index (χ1n) is 16.8. The fourth-order valence-electron chi connectivity index (χ4n) is 6.58. The Morgan fingerprint density at radius 3 is 2.45 bits per heavy atom. The van der Waals surface area contributed by atoms with Gasteiger partial charge in [0.05, 0.1) is 18.1 Å². The molecule has 0 spiro atoms. The lowest BCUT2D eigenvalue weighted by Crippen LogP contribution is -2.37. The topological polar surface area (TPSA) is 129 Å². The van der Waals surface area contributed by atoms with Crippen LogP contribution in [0, 0.1) is 13.8 Å². The van der Waals surface area contributed by atoms with Gasteiger partial charge in [0.2, 0.25) is 5.95 Å². The maximum atomic E-state index is 13.9. The maximum Gasteiger partial charge on any atom is 0.291 e. The zero-order valence-electron chi connectivity index (χ0n) is 27.9. The van der Waals surface area contributed by atoms with Gasteiger partial charge in [0.1, 0.15) is 5.69 Å². The van der Waals surface area contributed by atoms with E-state index in [1.165, 1.54) is 11.8 Å². The van der Waals surface area contributed by atoms with E-state index in [0.29, 0.717) is 42.5 Å². The van der Waals surface area contributed by atoms with Gasteiger partial charge in [-0.1, -0.05) is 12.1 Å². The third-order valence-corrected chi connectivity index (χ3v) is 9.47. The number of nitrogens with one attached hydrogen (secondary N) is 2. The highest BCUT2D eigenvalue weighted by molar-refractivity contribution is 6.03. The highest BCUT2D eigenvalue weighted by Gasteiger charge is 2.23. The molecular weight excluding hydrogens is 618 g/mol. The van der Waals surface area contributed by atoms with Gasteiger partial charge in [-0.15, -0.1) is 0 Å². The molecule has 3 aromatic heterocycles. The van der Waals surface area contributed by atoms with E-state index in [9.17, 15) is 14.7 Å². The van der Waals surface area contributed by atoms with E-state index in [-0.39, 0.29) is 23.3 Å². The normalized spacial score (nSPS) is 15.2. The van der Waals surface area contributed by atoms with Crippen molar-refractivity contribution in [2.24, 2.45) is 0 Å². The van der Waals surface area contributed by atoms with E-state index in [2.05, 4.69) is 49.7 Å². The summed E-state index contributed by atoms with van der Waals surface area (Å²) < 4.78 is 6.92. The molecule has 1 amide bonds. The lowest BCUT2D eigenvalue weighted by Gasteiger charge is -2.31. The van der Waals surface area contributed by atoms with Crippen LogP contribution >= 0.6 is 0 Å². The Bertz CT molecular complexity index is 1990. The van der Waals surface area contributed by atoms with E-state index >= 15 is 0 Å². The maximum absolute atomic E-state index is 13.9. The van der Waals surface area contributed by atoms with Gasteiger partial charge in [-0.05, 0) is 92.8 Å². The highest BCUT2D eigenvalue weighted by atomic mass is 16.3. The van der Waals surface area contributed by atoms with Gasteiger partial charge in [-0.25, -0.2) is 9.97 Å². The van der Waals surface area contributed by atoms with Crippen LogP contribution in [-0.4, -0.2) is 62.7 Å². The number of hydrogen-bond donors (Lipinski definition) is 3. The molecule has 0 atom stereocenters. The van der Waals surface area contributed by atoms with Crippen LogP contribution in [0.2, 0.25) is 0 Å². The molecule has 0 saturated carbocycles. The number of amides is 1. The van der Waals surface area contributed by atoms with Gasteiger partial charge in [-0.3, -0.25) is 14.2 Å². The quantitative estimate of drug-likeness (QED) is 0.191. The molecule has 0 bridgehead atoms. The molecule has 11 heteroatoms. The number of fused-ring (bicyclic) bond motifs is 1. The Hall–Kier alpha value is -5.26. The average Bonchev–Trinajstić information content (AvgIpc) is 3.55. The molecule has 252 valence electrons. The smallest absolute Gasteiger partial charge is 0.291 e. The average molecular weight is 660 g/mol. The van der Waals surface area contributed by atoms with Crippen LogP contribution in [0.1, 0.15) is 51.3 Å². The largest absolute Gasteiger partial charge is 0.459 e. The molecule has 2 aliphatic rings. The van der Waals surface area contributed by atoms with Crippen molar-refractivity contribution in [2.45, 2.75) is 52.2 Å². The minimum absolute atomic E-state index is 0.108. The zero-order chi connectivity index (χ0) is 33.9. The molecule has 0 aliphatic carbocycles. The van der Waals surface area contributed by atoms with Gasteiger partial charge >= 0.3 is 0 Å². The van der Waals surface area contributed by atoms with Crippen LogP contribution in [0.3, 0.4) is 0 Å². The molecule has 49 heavy (non-hydrogen) atoms. The molecule has 0 unspecified atom stereocenters. The summed E-state index contributed by atoms with van der Waals surface area (Å²) in [7, 11) is 0. The minimum Gasteiger partial charge on any atom is -0.459 e. The lowest BCUT2D eigenvalue weighted by atomic mass is 10.1. The lowest BCUT2D eigenvalue weighted by molar-refractivity contribution is 0.0832. The summed E-state index contributed by atoms with van der Waals surface area (Å²) in [6, 6.07) is 19.3. The second kappa shape index (κ2) is 14.1. The van der Waals surface area contributed by atoms with Crippen molar-refractivity contribution in [2.75, 3.05) is 41.7 Å². The van der Waals surface area contributed by atoms with E-state index in [0.717, 1.165) is 67.0 Å². The Morgan fingerprint density at radius 1 is 0.959 bits per heavy atom. The van der Waals surface area contributed by atoms with Gasteiger partial charge in [-0.2, -0.15) is 0 Å². The van der Waals surface area contributed by atoms with Gasteiger partial charge in [0, 0.05) is 79.7 Å². The highest BCUT2D eigenvalue weighted by Crippen LogP contribution is 2.26. The Morgan fingerprint density at radius 2 is 1.71 bits per heavy atom. The van der Waals surface area contributed by atoms with Crippen molar-refractivity contribution in [1.82, 2.24) is 19.4 Å². The number of furan rings is 1. The molecule has 11 nitrogen and oxygen atoms in total. The summed E-state index contributed by atoms with van der Waals surface area (Å²) in [6.45, 7) is 7.90. The molecule has 1 saturated heterocycles. The third-order valence-electron chi connectivity index (χ3n) is 9.47. The zero-order valence-corrected chi connectivity index (χ0v) is 27.9. The summed E-state index contributed by atoms with van der Waals surface area (Å²) in [5.41, 5.74) is 7.71. The summed E-state index contributed by atoms with van der Waals surface area (Å²) in [4.78, 5) is 40.4. The molecule has 2 aromatic carbocycles. The molecule has 7 rings (SSSR count). The van der Waals surface area contributed by atoms with Crippen molar-refractivity contribution in [3.8, 4) is 5.69 Å². The van der Waals surface area contributed by atoms with E-state index in [4.69, 9.17) is 9.40 Å². The number of carbonyl (C=O) groups is 1. The Kier molecular flexibility index (Phi) is 9.28. The molecule has 5 heterocycles. The Labute approximate surface area is 285 Å². The number of rotatable bonds is 9. The van der Waals surface area contributed by atoms with Crippen molar-refractivity contribution in [3.63, 3.8) is 0 Å². The number of pyridine rings is 1. The molecule has 1 fully saturated rings. The number of nitrogens with zero attached hydrogens (tertiary/aromatic N) is 5. The number of likely N-dealkylation sites (tertiary alicyclic amines) is 1. The SMILES string of the molecule is Cc1ccoc1C(=O)Nc1ccc(-n2ccc(C)c(N3CCc4nc(Nc5ccc(CCN6CCC(O)CC6)cc5)ncc4C3)c2=O)cc1. The molecule has 2 aliphatic heterocycles. The summed E-state index contributed by atoms with van der Waals surface area (Å²) >= 11 is 0. The fraction of sp³-hybridized carbons (Fsp3) is 0.316. The van der Waals surface area contributed by atoms with Crippen molar-refractivity contribution in [3.05, 3.63) is 123 Å². The molecule has 3 N–H and O–H groups in total. The predicted molar refractivity (Wildman–Crippen MR) is 190 cm³/mol. The number of aromatic nitrogens is 3. The monoisotopic (exact) mass is 659 g/mol. The van der Waals surface area contributed by atoms with Crippen LogP contribution < -0.4 is 21.1 Å². The number of aliphatic hydroxyl groups excluding tert-OH is 1. The standard InChI is InChI=1S/C38H41N7O4/c1-25-11-21-45(31-9-7-29(8-10-31)40-36(47)35-26(2)16-22-49-35)37(48)34(25)44-20-15-33-28(24-44)23-39-38(42-33)41-30-5-3-27(4-6-30)12-17-43-18-13-32(46)14-19-43/h3-11,16,21-23,32,46H,12-15,17-20,24H2,1-2H3,(H,40,47)(H,39,41,42). The fourth-order valence-corrected chi connectivity index (χ4v) is 6.58. The van der Waals surface area contributed by atoms with E-state index in [1.54, 1.807) is 29.0 Å². The first-order valence-corrected chi connectivity index (χ1v) is 16.8. The van der Waals surface area contributed by atoms with Crippen LogP contribution in [0.4, 0.5) is 23.0 Å². The molecule has 5 aromatic rings. The van der Waals surface area contributed by atoms with E-state index in [1.807, 2.05) is 38.2 Å². The minimum atomic E-state index is -0.321. The van der Waals surface area contributed by atoms with Gasteiger partial charge in [0.15, 0.2) is 5.76 Å². The van der Waals surface area contributed by atoms with Crippen LogP contribution in [0.25, 0.3) is 5.69 Å². The van der Waals surface area contributed by atoms with Crippen molar-refractivity contribution < 1.29 is 14.3 Å². The van der Waals surface area contributed by atoms with Crippen LogP contribution in [-0.2, 0) is 19.4 Å². The number of benzene rings is 2. The number of anilines is 4. The Balaban J connectivity index is 0.990. The predicted octanol–water partition coefficient (Wildman–Crippen LogP) is 5.40. The number of carbonyl (C=O) groups excluding carboxylic acids is 1. The van der Waals surface area contributed by atoms with Crippen LogP contribution in [0.5, 0.6) is 0 Å². The second-order valence-electron chi connectivity index (χ2n) is 12.9. The number of hydrogen-bond acceptors (Lipinski definition) is 9. The third kappa shape index (κ3) is 7.28. The van der Waals surface area contributed by atoms with E-state index < -0.39 is 0 Å². The number of aryl methyl sites for hydroxylation is 2. The van der Waals surface area contributed by atoms with Crippen molar-refractivity contribution >= 4 is 28.9 Å². The summed E-state index contributed by atoms with van der Waals surface area (Å²) in [5.74, 6) is 0.514. The second-order valence-corrected chi connectivity index (χ2v) is 12.9. The number of piperidine rings is 1.